The second kappa shape index (κ2) is 13.2. The van der Waals surface area contributed by atoms with Crippen molar-refractivity contribution in [2.45, 2.75) is 6.42 Å². The molecule has 154 valence electrons. The lowest BCUT2D eigenvalue weighted by molar-refractivity contribution is -0.132. The Kier molecular flexibility index (Phi) is 11.8. The predicted molar refractivity (Wildman–Crippen MR) is 98.8 cm³/mol. The van der Waals surface area contributed by atoms with Crippen LogP contribution in [0.5, 0.6) is 0 Å². The highest BCUT2D eigenvalue weighted by Crippen LogP contribution is 2.27. The third-order valence-corrected chi connectivity index (χ3v) is 3.67. The van der Waals surface area contributed by atoms with Crippen molar-refractivity contribution < 1.29 is 45.0 Å². The van der Waals surface area contributed by atoms with Gasteiger partial charge in [-0.3, -0.25) is 0 Å². The van der Waals surface area contributed by atoms with E-state index in [1.807, 2.05) is 0 Å². The summed E-state index contributed by atoms with van der Waals surface area (Å²) in [5.74, 6) is -3.91. The lowest BCUT2D eigenvalue weighted by atomic mass is 9.80. The van der Waals surface area contributed by atoms with Gasteiger partial charge in [0, 0.05) is 17.6 Å². The molecule has 0 amide bonds. The first kappa shape index (κ1) is 25.0. The lowest BCUT2D eigenvalue weighted by Gasteiger charge is -2.29. The molecule has 0 saturated heterocycles. The minimum Gasteiger partial charge on any atom is -0.478 e. The van der Waals surface area contributed by atoms with Crippen molar-refractivity contribution in [2.75, 3.05) is 19.8 Å². The summed E-state index contributed by atoms with van der Waals surface area (Å²) in [7, 11) is 0. The molecule has 0 aromatic heterocycles. The van der Waals surface area contributed by atoms with Crippen molar-refractivity contribution in [1.82, 2.24) is 0 Å². The summed E-state index contributed by atoms with van der Waals surface area (Å²) in [5, 5.41) is 53.0. The van der Waals surface area contributed by atoms with E-state index in [0.29, 0.717) is 5.56 Å². The van der Waals surface area contributed by atoms with Gasteiger partial charge in [0.1, 0.15) is 0 Å². The Balaban J connectivity index is 0.000000668. The molecule has 9 heteroatoms. The summed E-state index contributed by atoms with van der Waals surface area (Å²) in [5.41, 5.74) is -0.867. The van der Waals surface area contributed by atoms with Crippen LogP contribution < -0.4 is 0 Å². The largest absolute Gasteiger partial charge is 0.478 e. The first-order valence-electron chi connectivity index (χ1n) is 8.13. The van der Waals surface area contributed by atoms with Gasteiger partial charge in [0.2, 0.25) is 0 Å². The van der Waals surface area contributed by atoms with Crippen molar-refractivity contribution in [3.63, 3.8) is 0 Å². The van der Waals surface area contributed by atoms with Crippen LogP contribution in [-0.2, 0) is 9.59 Å². The maximum absolute atomic E-state index is 10.4. The van der Waals surface area contributed by atoms with Gasteiger partial charge in [-0.05, 0) is 24.5 Å². The smallest absolute Gasteiger partial charge is 0.335 e. The maximum Gasteiger partial charge on any atom is 0.335 e. The highest BCUT2D eigenvalue weighted by Gasteiger charge is 2.30. The number of carbonyl (C=O) groups is 3. The fraction of sp³-hybridized carbons (Fsp3) is 0.316. The summed E-state index contributed by atoms with van der Waals surface area (Å²) in [6.45, 7) is -1.50. The van der Waals surface area contributed by atoms with Gasteiger partial charge in [0.25, 0.3) is 0 Å². The number of aliphatic hydroxyl groups is 3. The van der Waals surface area contributed by atoms with Crippen molar-refractivity contribution in [1.29, 1.82) is 0 Å². The molecule has 0 aliphatic heterocycles. The van der Waals surface area contributed by atoms with Gasteiger partial charge in [0.05, 0.1) is 25.4 Å². The molecule has 1 aromatic carbocycles. The Labute approximate surface area is 161 Å². The van der Waals surface area contributed by atoms with Gasteiger partial charge in [-0.25, -0.2) is 14.4 Å². The zero-order chi connectivity index (χ0) is 21.6. The molecule has 0 fully saturated rings. The molecule has 28 heavy (non-hydrogen) atoms. The van der Waals surface area contributed by atoms with Crippen LogP contribution in [0.3, 0.4) is 0 Å². The van der Waals surface area contributed by atoms with E-state index in [4.69, 9.17) is 15.3 Å². The van der Waals surface area contributed by atoms with Gasteiger partial charge in [-0.1, -0.05) is 30.4 Å². The van der Waals surface area contributed by atoms with Crippen molar-refractivity contribution >= 4 is 17.9 Å². The van der Waals surface area contributed by atoms with Crippen molar-refractivity contribution in [3.8, 4) is 0 Å². The van der Waals surface area contributed by atoms with E-state index in [2.05, 4.69) is 0 Å². The molecule has 0 aliphatic carbocycles. The fourth-order valence-electron chi connectivity index (χ4n) is 2.04. The first-order valence-corrected chi connectivity index (χ1v) is 8.13. The Hall–Kier alpha value is -3.01. The zero-order valence-electron chi connectivity index (χ0n) is 15.0. The number of allylic oxidation sites excluding steroid dienone is 2. The molecule has 0 spiro atoms. The Morgan fingerprint density at radius 3 is 1.54 bits per heavy atom. The molecule has 0 aliphatic rings. The average molecular weight is 396 g/mol. The van der Waals surface area contributed by atoms with E-state index < -0.39 is 49.1 Å². The van der Waals surface area contributed by atoms with Gasteiger partial charge in [0.15, 0.2) is 0 Å². The Morgan fingerprint density at radius 1 is 0.821 bits per heavy atom. The molecule has 6 N–H and O–H groups in total. The summed E-state index contributed by atoms with van der Waals surface area (Å²) in [4.78, 5) is 31.1. The highest BCUT2D eigenvalue weighted by molar-refractivity contribution is 5.87. The van der Waals surface area contributed by atoms with Gasteiger partial charge in [-0.2, -0.15) is 0 Å². The standard InChI is InChI=1S/C12H18O7.C7H6O2/c13-6-12(7-14,8-15)5-9(1-3-10(16)17)2-4-11(18)19;8-7(9)6-4-2-1-3-5-6/h1-4,9,13-15H,5-8H2,(H,16,17)(H,18,19);1-5H,(H,8,9). The monoisotopic (exact) mass is 396 g/mol. The normalized spacial score (nSPS) is 12.4. The van der Waals surface area contributed by atoms with Crippen LogP contribution in [0.25, 0.3) is 0 Å². The minimum atomic E-state index is -1.20. The van der Waals surface area contributed by atoms with Crippen LogP contribution in [-0.4, -0.2) is 68.4 Å². The first-order chi connectivity index (χ1) is 13.2. The number of aliphatic hydroxyl groups excluding tert-OH is 3. The van der Waals surface area contributed by atoms with Gasteiger partial charge >= 0.3 is 17.9 Å². The molecule has 0 bridgehead atoms. The van der Waals surface area contributed by atoms with E-state index in [-0.39, 0.29) is 6.42 Å². The van der Waals surface area contributed by atoms with Gasteiger partial charge < -0.3 is 30.6 Å². The van der Waals surface area contributed by atoms with E-state index >= 15 is 0 Å². The topological polar surface area (TPSA) is 173 Å². The van der Waals surface area contributed by atoms with Crippen LogP contribution >= 0.6 is 0 Å². The lowest BCUT2D eigenvalue weighted by Crippen LogP contribution is -2.35. The van der Waals surface area contributed by atoms with Crippen LogP contribution in [0.4, 0.5) is 0 Å². The SMILES string of the molecule is O=C(O)C=CC(C=CC(=O)O)CC(CO)(CO)CO.O=C(O)c1ccccc1. The van der Waals surface area contributed by atoms with Crippen molar-refractivity contribution in [2.24, 2.45) is 11.3 Å². The summed E-state index contributed by atoms with van der Waals surface area (Å²) in [6, 6.07) is 8.30. The number of aromatic carboxylic acids is 1. The summed E-state index contributed by atoms with van der Waals surface area (Å²) < 4.78 is 0. The predicted octanol–water partition coefficient (Wildman–Crippen LogP) is 0.622. The number of rotatable bonds is 10. The molecule has 0 heterocycles. The number of benzene rings is 1. The van der Waals surface area contributed by atoms with E-state index in [0.717, 1.165) is 12.2 Å². The van der Waals surface area contributed by atoms with E-state index in [1.165, 1.54) is 12.2 Å². The second-order valence-corrected chi connectivity index (χ2v) is 5.91. The minimum absolute atomic E-state index is 0.0179. The molecule has 0 radical (unpaired) electrons. The van der Waals surface area contributed by atoms with Gasteiger partial charge in [-0.15, -0.1) is 0 Å². The van der Waals surface area contributed by atoms with Crippen LogP contribution in [0, 0.1) is 11.3 Å². The van der Waals surface area contributed by atoms with Crippen molar-refractivity contribution in [3.05, 3.63) is 60.2 Å². The zero-order valence-corrected chi connectivity index (χ0v) is 15.0. The molecule has 0 unspecified atom stereocenters. The van der Waals surface area contributed by atoms with Crippen LogP contribution in [0.2, 0.25) is 0 Å². The quantitative estimate of drug-likeness (QED) is 0.310. The number of hydrogen-bond acceptors (Lipinski definition) is 6. The number of carboxylic acid groups (broad SMARTS) is 3. The third kappa shape index (κ3) is 10.2. The maximum atomic E-state index is 10.4. The highest BCUT2D eigenvalue weighted by atomic mass is 16.4. The van der Waals surface area contributed by atoms with E-state index in [1.54, 1.807) is 30.3 Å². The second-order valence-electron chi connectivity index (χ2n) is 5.91. The van der Waals surface area contributed by atoms with Crippen LogP contribution in [0.1, 0.15) is 16.8 Å². The average Bonchev–Trinajstić information content (AvgIpc) is 2.69. The molecular weight excluding hydrogens is 372 g/mol. The Bertz CT molecular complexity index is 644. The molecular formula is C19H24O9. The number of carboxylic acids is 3. The molecule has 1 rings (SSSR count). The summed E-state index contributed by atoms with van der Waals surface area (Å²) in [6.07, 6.45) is 4.17. The molecule has 1 aromatic rings. The number of hydrogen-bond donors (Lipinski definition) is 6. The molecule has 0 saturated carbocycles. The molecule has 0 atom stereocenters. The Morgan fingerprint density at radius 2 is 1.25 bits per heavy atom. The van der Waals surface area contributed by atoms with E-state index in [9.17, 15) is 29.7 Å². The molecule has 9 nitrogen and oxygen atoms in total. The fourth-order valence-corrected chi connectivity index (χ4v) is 2.04. The number of aliphatic carboxylic acids is 2. The third-order valence-electron chi connectivity index (χ3n) is 3.67. The van der Waals surface area contributed by atoms with Crippen LogP contribution in [0.15, 0.2) is 54.6 Å². The summed E-state index contributed by atoms with van der Waals surface area (Å²) >= 11 is 0.